The maximum absolute atomic E-state index is 5.67. The smallest absolute Gasteiger partial charge is 0.123 e. The standard InChI is InChI=1S/C17H26N2O/c1-2-20-17-6-4-3-5-15(17)12-18-11-14-9-10-19(13-14)16-7-8-16/h3-6,14,16,18H,2,7-13H2,1H3/t14-/m0/s1. The van der Waals surface area contributed by atoms with E-state index in [4.69, 9.17) is 4.74 Å². The number of benzene rings is 1. The quantitative estimate of drug-likeness (QED) is 0.827. The number of hydrogen-bond donors (Lipinski definition) is 1. The Morgan fingerprint density at radius 1 is 1.25 bits per heavy atom. The monoisotopic (exact) mass is 274 g/mol. The molecule has 3 rings (SSSR count). The van der Waals surface area contributed by atoms with Gasteiger partial charge in [0.25, 0.3) is 0 Å². The molecule has 110 valence electrons. The molecule has 2 aliphatic rings. The van der Waals surface area contributed by atoms with E-state index in [2.05, 4.69) is 28.4 Å². The average molecular weight is 274 g/mol. The zero-order chi connectivity index (χ0) is 13.8. The molecular formula is C17H26N2O. The van der Waals surface area contributed by atoms with Crippen molar-refractivity contribution < 1.29 is 4.74 Å². The highest BCUT2D eigenvalue weighted by Crippen LogP contribution is 2.31. The summed E-state index contributed by atoms with van der Waals surface area (Å²) >= 11 is 0. The number of para-hydroxylation sites is 1. The molecule has 0 spiro atoms. The van der Waals surface area contributed by atoms with Gasteiger partial charge in [-0.3, -0.25) is 0 Å². The molecule has 3 heteroatoms. The molecule has 1 heterocycles. The molecule has 2 fully saturated rings. The van der Waals surface area contributed by atoms with Crippen LogP contribution in [-0.2, 0) is 6.54 Å². The molecule has 3 nitrogen and oxygen atoms in total. The summed E-state index contributed by atoms with van der Waals surface area (Å²) in [6.45, 7) is 7.42. The Hall–Kier alpha value is -1.06. The van der Waals surface area contributed by atoms with Crippen molar-refractivity contribution in [2.45, 2.75) is 38.8 Å². The third kappa shape index (κ3) is 3.53. The first-order valence-corrected chi connectivity index (χ1v) is 8.02. The molecule has 0 radical (unpaired) electrons. The van der Waals surface area contributed by atoms with E-state index in [-0.39, 0.29) is 0 Å². The normalized spacial score (nSPS) is 23.1. The number of likely N-dealkylation sites (tertiary alicyclic amines) is 1. The fourth-order valence-corrected chi connectivity index (χ4v) is 3.16. The van der Waals surface area contributed by atoms with Crippen LogP contribution >= 0.6 is 0 Å². The molecular weight excluding hydrogens is 248 g/mol. The molecule has 1 aliphatic carbocycles. The Bertz CT molecular complexity index is 431. The first-order valence-electron chi connectivity index (χ1n) is 8.02. The number of hydrogen-bond acceptors (Lipinski definition) is 3. The third-order valence-electron chi connectivity index (χ3n) is 4.40. The predicted octanol–water partition coefficient (Wildman–Crippen LogP) is 2.66. The van der Waals surface area contributed by atoms with E-state index < -0.39 is 0 Å². The number of rotatable bonds is 7. The van der Waals surface area contributed by atoms with Crippen molar-refractivity contribution in [3.63, 3.8) is 0 Å². The Labute approximate surface area is 122 Å². The lowest BCUT2D eigenvalue weighted by atomic mass is 10.1. The SMILES string of the molecule is CCOc1ccccc1CNC[C@@H]1CCN(C2CC2)C1. The first kappa shape index (κ1) is 13.9. The Morgan fingerprint density at radius 2 is 2.10 bits per heavy atom. The summed E-state index contributed by atoms with van der Waals surface area (Å²) in [6.07, 6.45) is 4.22. The van der Waals surface area contributed by atoms with Crippen LogP contribution in [0.1, 0.15) is 31.7 Å². The summed E-state index contributed by atoms with van der Waals surface area (Å²) in [7, 11) is 0. The molecule has 1 N–H and O–H groups in total. The molecule has 0 amide bonds. The zero-order valence-corrected chi connectivity index (χ0v) is 12.5. The van der Waals surface area contributed by atoms with Gasteiger partial charge in [0.15, 0.2) is 0 Å². The largest absolute Gasteiger partial charge is 0.494 e. The molecule has 1 aliphatic heterocycles. The van der Waals surface area contributed by atoms with E-state index in [0.29, 0.717) is 0 Å². The maximum Gasteiger partial charge on any atom is 0.123 e. The lowest BCUT2D eigenvalue weighted by Gasteiger charge is -2.16. The van der Waals surface area contributed by atoms with Crippen LogP contribution in [0.3, 0.4) is 0 Å². The van der Waals surface area contributed by atoms with Crippen LogP contribution in [0.15, 0.2) is 24.3 Å². The van der Waals surface area contributed by atoms with Crippen molar-refractivity contribution in [2.24, 2.45) is 5.92 Å². The summed E-state index contributed by atoms with van der Waals surface area (Å²) in [5, 5.41) is 3.62. The lowest BCUT2D eigenvalue weighted by Crippen LogP contribution is -2.27. The minimum Gasteiger partial charge on any atom is -0.494 e. The molecule has 0 unspecified atom stereocenters. The van der Waals surface area contributed by atoms with Crippen LogP contribution in [0.4, 0.5) is 0 Å². The third-order valence-corrected chi connectivity index (χ3v) is 4.40. The summed E-state index contributed by atoms with van der Waals surface area (Å²) in [5.74, 6) is 1.85. The minimum absolute atomic E-state index is 0.732. The van der Waals surface area contributed by atoms with E-state index in [1.165, 1.54) is 37.9 Å². The van der Waals surface area contributed by atoms with Gasteiger partial charge in [-0.15, -0.1) is 0 Å². The van der Waals surface area contributed by atoms with Crippen molar-refractivity contribution >= 4 is 0 Å². The summed E-state index contributed by atoms with van der Waals surface area (Å²) in [6, 6.07) is 9.27. The number of ether oxygens (including phenoxy) is 1. The Morgan fingerprint density at radius 3 is 2.90 bits per heavy atom. The maximum atomic E-state index is 5.67. The highest BCUT2D eigenvalue weighted by Gasteiger charge is 2.33. The molecule has 1 aromatic carbocycles. The van der Waals surface area contributed by atoms with Crippen LogP contribution in [0.25, 0.3) is 0 Å². The molecule has 0 bridgehead atoms. The van der Waals surface area contributed by atoms with Crippen LogP contribution in [-0.4, -0.2) is 37.2 Å². The van der Waals surface area contributed by atoms with Crippen LogP contribution < -0.4 is 10.1 Å². The highest BCUT2D eigenvalue weighted by atomic mass is 16.5. The molecule has 1 saturated carbocycles. The van der Waals surface area contributed by atoms with Gasteiger partial charge in [0.1, 0.15) is 5.75 Å². The second kappa shape index (κ2) is 6.59. The molecule has 20 heavy (non-hydrogen) atoms. The topological polar surface area (TPSA) is 24.5 Å². The summed E-state index contributed by atoms with van der Waals surface area (Å²) in [5.41, 5.74) is 1.27. The molecule has 1 saturated heterocycles. The van der Waals surface area contributed by atoms with Gasteiger partial charge >= 0.3 is 0 Å². The van der Waals surface area contributed by atoms with E-state index in [0.717, 1.165) is 37.4 Å². The van der Waals surface area contributed by atoms with Gasteiger partial charge in [-0.2, -0.15) is 0 Å². The van der Waals surface area contributed by atoms with E-state index >= 15 is 0 Å². The molecule has 1 atom stereocenters. The van der Waals surface area contributed by atoms with E-state index in [1.54, 1.807) is 0 Å². The number of nitrogens with one attached hydrogen (secondary N) is 1. The fraction of sp³-hybridized carbons (Fsp3) is 0.647. The van der Waals surface area contributed by atoms with Gasteiger partial charge < -0.3 is 15.0 Å². The van der Waals surface area contributed by atoms with E-state index in [1.807, 2.05) is 13.0 Å². The van der Waals surface area contributed by atoms with Gasteiger partial charge in [0.2, 0.25) is 0 Å². The van der Waals surface area contributed by atoms with Gasteiger partial charge in [0.05, 0.1) is 6.61 Å². The van der Waals surface area contributed by atoms with Crippen molar-refractivity contribution in [3.05, 3.63) is 29.8 Å². The number of nitrogens with zero attached hydrogens (tertiary/aromatic N) is 1. The van der Waals surface area contributed by atoms with E-state index in [9.17, 15) is 0 Å². The van der Waals surface area contributed by atoms with Crippen LogP contribution in [0, 0.1) is 5.92 Å². The second-order valence-electron chi connectivity index (χ2n) is 6.05. The van der Waals surface area contributed by atoms with Crippen LogP contribution in [0.2, 0.25) is 0 Å². The summed E-state index contributed by atoms with van der Waals surface area (Å²) < 4.78 is 5.67. The van der Waals surface area contributed by atoms with Crippen molar-refractivity contribution in [3.8, 4) is 5.75 Å². The van der Waals surface area contributed by atoms with Crippen LogP contribution in [0.5, 0.6) is 5.75 Å². The van der Waals surface area contributed by atoms with Crippen molar-refractivity contribution in [2.75, 3.05) is 26.2 Å². The zero-order valence-electron chi connectivity index (χ0n) is 12.5. The van der Waals surface area contributed by atoms with Crippen molar-refractivity contribution in [1.29, 1.82) is 0 Å². The molecule has 1 aromatic rings. The molecule has 0 aromatic heterocycles. The Kier molecular flexibility index (Phi) is 4.58. The lowest BCUT2D eigenvalue weighted by molar-refractivity contribution is 0.311. The van der Waals surface area contributed by atoms with Gasteiger partial charge in [-0.25, -0.2) is 0 Å². The fourth-order valence-electron chi connectivity index (χ4n) is 3.16. The van der Waals surface area contributed by atoms with Gasteiger partial charge in [0, 0.05) is 24.7 Å². The summed E-state index contributed by atoms with van der Waals surface area (Å²) in [4.78, 5) is 2.68. The highest BCUT2D eigenvalue weighted by molar-refractivity contribution is 5.33. The second-order valence-corrected chi connectivity index (χ2v) is 6.05. The van der Waals surface area contributed by atoms with Crippen molar-refractivity contribution in [1.82, 2.24) is 10.2 Å². The van der Waals surface area contributed by atoms with Gasteiger partial charge in [-0.1, -0.05) is 18.2 Å². The van der Waals surface area contributed by atoms with Gasteiger partial charge in [-0.05, 0) is 51.3 Å². The predicted molar refractivity (Wildman–Crippen MR) is 82.0 cm³/mol. The average Bonchev–Trinajstić information content (AvgIpc) is 3.21. The Balaban J connectivity index is 1.43. The minimum atomic E-state index is 0.732. The first-order chi connectivity index (χ1) is 9.86.